The van der Waals surface area contributed by atoms with Crippen LogP contribution in [0.3, 0.4) is 0 Å². The Morgan fingerprint density at radius 2 is 2.16 bits per heavy atom. The fraction of sp³-hybridized carbons (Fsp3) is 0.562. The molecule has 3 heterocycles. The van der Waals surface area contributed by atoms with E-state index in [2.05, 4.69) is 10.6 Å². The lowest BCUT2D eigenvalue weighted by molar-refractivity contribution is -0.128. The van der Waals surface area contributed by atoms with Crippen LogP contribution >= 0.6 is 23.7 Å². The largest absolute Gasteiger partial charge is 0.465 e. The maximum Gasteiger partial charge on any atom is 0.340 e. The van der Waals surface area contributed by atoms with Crippen LogP contribution in [0.2, 0.25) is 0 Å². The number of carbonyl (C=O) groups is 3. The van der Waals surface area contributed by atoms with Crippen LogP contribution in [0.4, 0.5) is 5.00 Å². The molecule has 2 N–H and O–H groups in total. The highest BCUT2D eigenvalue weighted by atomic mass is 35.5. The zero-order chi connectivity index (χ0) is 17.1. The zero-order valence-corrected chi connectivity index (χ0v) is 15.6. The van der Waals surface area contributed by atoms with Crippen molar-refractivity contribution < 1.29 is 19.1 Å². The number of hydrogen-bond donors (Lipinski definition) is 2. The van der Waals surface area contributed by atoms with E-state index in [4.69, 9.17) is 4.74 Å². The molecule has 2 unspecified atom stereocenters. The second-order valence-corrected chi connectivity index (χ2v) is 6.87. The average Bonchev–Trinajstić information content (AvgIpc) is 3.22. The molecule has 2 aliphatic heterocycles. The van der Waals surface area contributed by atoms with E-state index in [0.717, 1.165) is 25.8 Å². The average molecular weight is 388 g/mol. The Morgan fingerprint density at radius 1 is 1.36 bits per heavy atom. The molecule has 0 bridgehead atoms. The SMILES string of the molecule is COC(=O)c1ccsc1N1CCC(NC(=O)C2CCCCN2)C1=O.Cl. The summed E-state index contributed by atoms with van der Waals surface area (Å²) in [6.45, 7) is 1.31. The molecule has 0 radical (unpaired) electrons. The topological polar surface area (TPSA) is 87.7 Å². The summed E-state index contributed by atoms with van der Waals surface area (Å²) >= 11 is 1.32. The van der Waals surface area contributed by atoms with Crippen LogP contribution in [0, 0.1) is 0 Å². The van der Waals surface area contributed by atoms with Crippen molar-refractivity contribution in [1.29, 1.82) is 0 Å². The first-order valence-corrected chi connectivity index (χ1v) is 9.00. The molecule has 2 saturated heterocycles. The summed E-state index contributed by atoms with van der Waals surface area (Å²) in [5, 5.41) is 8.37. The molecular weight excluding hydrogens is 366 g/mol. The Morgan fingerprint density at radius 3 is 2.84 bits per heavy atom. The van der Waals surface area contributed by atoms with Crippen molar-refractivity contribution in [1.82, 2.24) is 10.6 Å². The molecule has 7 nitrogen and oxygen atoms in total. The van der Waals surface area contributed by atoms with Gasteiger partial charge in [-0.1, -0.05) is 6.42 Å². The Balaban J connectivity index is 0.00000225. The van der Waals surface area contributed by atoms with Crippen molar-refractivity contribution in [3.05, 3.63) is 17.0 Å². The first-order chi connectivity index (χ1) is 11.6. The molecule has 3 rings (SSSR count). The molecule has 9 heteroatoms. The number of halogens is 1. The van der Waals surface area contributed by atoms with Crippen LogP contribution in [0.1, 0.15) is 36.0 Å². The van der Waals surface area contributed by atoms with Gasteiger partial charge in [0.15, 0.2) is 0 Å². The van der Waals surface area contributed by atoms with E-state index in [9.17, 15) is 14.4 Å². The Hall–Kier alpha value is -1.64. The summed E-state index contributed by atoms with van der Waals surface area (Å²) in [4.78, 5) is 38.3. The number of nitrogens with one attached hydrogen (secondary N) is 2. The molecule has 2 atom stereocenters. The van der Waals surface area contributed by atoms with Crippen molar-refractivity contribution in [2.45, 2.75) is 37.8 Å². The molecular formula is C16H22ClN3O4S. The number of methoxy groups -OCH3 is 1. The van der Waals surface area contributed by atoms with Gasteiger partial charge in [-0.25, -0.2) is 4.79 Å². The van der Waals surface area contributed by atoms with Gasteiger partial charge in [-0.3, -0.25) is 9.59 Å². The maximum absolute atomic E-state index is 12.6. The molecule has 0 spiro atoms. The molecule has 25 heavy (non-hydrogen) atoms. The van der Waals surface area contributed by atoms with E-state index >= 15 is 0 Å². The van der Waals surface area contributed by atoms with E-state index in [0.29, 0.717) is 23.5 Å². The number of carbonyl (C=O) groups excluding carboxylic acids is 3. The second-order valence-electron chi connectivity index (χ2n) is 5.97. The molecule has 1 aromatic rings. The predicted octanol–water partition coefficient (Wildman–Crippen LogP) is 1.32. The summed E-state index contributed by atoms with van der Waals surface area (Å²) in [5.74, 6) is -0.751. The van der Waals surface area contributed by atoms with Gasteiger partial charge in [-0.15, -0.1) is 23.7 Å². The fourth-order valence-electron chi connectivity index (χ4n) is 3.14. The van der Waals surface area contributed by atoms with Crippen LogP contribution in [0.25, 0.3) is 0 Å². The lowest BCUT2D eigenvalue weighted by atomic mass is 10.0. The minimum Gasteiger partial charge on any atom is -0.465 e. The highest BCUT2D eigenvalue weighted by Crippen LogP contribution is 2.31. The molecule has 138 valence electrons. The summed E-state index contributed by atoms with van der Waals surface area (Å²) in [6.07, 6.45) is 3.44. The van der Waals surface area contributed by atoms with Crippen LogP contribution in [-0.2, 0) is 14.3 Å². The number of thiophene rings is 1. The van der Waals surface area contributed by atoms with Crippen molar-refractivity contribution in [2.75, 3.05) is 25.1 Å². The Kier molecular flexibility index (Phi) is 6.80. The number of amides is 2. The van der Waals surface area contributed by atoms with Gasteiger partial charge in [0.05, 0.1) is 18.7 Å². The highest BCUT2D eigenvalue weighted by Gasteiger charge is 2.37. The minimum absolute atomic E-state index is 0. The third kappa shape index (κ3) is 4.13. The Labute approximate surface area is 156 Å². The molecule has 0 aliphatic carbocycles. The van der Waals surface area contributed by atoms with E-state index < -0.39 is 12.0 Å². The molecule has 0 saturated carbocycles. The molecule has 2 fully saturated rings. The summed E-state index contributed by atoms with van der Waals surface area (Å²) < 4.78 is 4.75. The molecule has 0 aromatic carbocycles. The number of nitrogens with zero attached hydrogens (tertiary/aromatic N) is 1. The third-order valence-corrected chi connectivity index (χ3v) is 5.38. The van der Waals surface area contributed by atoms with E-state index in [-0.39, 0.29) is 30.3 Å². The van der Waals surface area contributed by atoms with Crippen molar-refractivity contribution in [3.63, 3.8) is 0 Å². The predicted molar refractivity (Wildman–Crippen MR) is 97.4 cm³/mol. The van der Waals surface area contributed by atoms with E-state index in [1.807, 2.05) is 0 Å². The fourth-order valence-corrected chi connectivity index (χ4v) is 4.06. The number of ether oxygens (including phenoxy) is 1. The molecule has 2 amide bonds. The van der Waals surface area contributed by atoms with Gasteiger partial charge in [-0.2, -0.15) is 0 Å². The lowest BCUT2D eigenvalue weighted by Crippen LogP contribution is -2.51. The van der Waals surface area contributed by atoms with Crippen molar-refractivity contribution >= 4 is 46.5 Å². The lowest BCUT2D eigenvalue weighted by Gasteiger charge is -2.24. The van der Waals surface area contributed by atoms with Crippen molar-refractivity contribution in [3.8, 4) is 0 Å². The van der Waals surface area contributed by atoms with Crippen molar-refractivity contribution in [2.24, 2.45) is 0 Å². The maximum atomic E-state index is 12.6. The van der Waals surface area contributed by atoms with Crippen LogP contribution in [0.15, 0.2) is 11.4 Å². The van der Waals surface area contributed by atoms with E-state index in [1.54, 1.807) is 16.3 Å². The highest BCUT2D eigenvalue weighted by molar-refractivity contribution is 7.14. The number of esters is 1. The number of hydrogen-bond acceptors (Lipinski definition) is 6. The van der Waals surface area contributed by atoms with E-state index in [1.165, 1.54) is 18.4 Å². The number of piperidine rings is 1. The normalized spacial score (nSPS) is 23.1. The molecule has 1 aromatic heterocycles. The summed E-state index contributed by atoms with van der Waals surface area (Å²) in [5.41, 5.74) is 0.386. The van der Waals surface area contributed by atoms with Gasteiger partial charge in [0, 0.05) is 6.54 Å². The quantitative estimate of drug-likeness (QED) is 0.761. The number of anilines is 1. The first-order valence-electron chi connectivity index (χ1n) is 8.12. The Bertz CT molecular complexity index is 645. The van der Waals surface area contributed by atoms with Crippen LogP contribution < -0.4 is 15.5 Å². The third-order valence-electron chi connectivity index (χ3n) is 4.44. The van der Waals surface area contributed by atoms with Gasteiger partial charge >= 0.3 is 5.97 Å². The summed E-state index contributed by atoms with van der Waals surface area (Å²) in [7, 11) is 1.32. The molecule has 2 aliphatic rings. The van der Waals surface area contributed by atoms with Gasteiger partial charge in [0.2, 0.25) is 11.8 Å². The van der Waals surface area contributed by atoms with Crippen LogP contribution in [-0.4, -0.2) is 50.1 Å². The number of rotatable bonds is 4. The van der Waals surface area contributed by atoms with Gasteiger partial charge in [0.1, 0.15) is 11.0 Å². The van der Waals surface area contributed by atoms with Crippen LogP contribution in [0.5, 0.6) is 0 Å². The second kappa shape index (κ2) is 8.64. The van der Waals surface area contributed by atoms with Gasteiger partial charge in [-0.05, 0) is 37.3 Å². The summed E-state index contributed by atoms with van der Waals surface area (Å²) in [6, 6.07) is 0.901. The van der Waals surface area contributed by atoms with Gasteiger partial charge < -0.3 is 20.3 Å². The smallest absolute Gasteiger partial charge is 0.340 e. The van der Waals surface area contributed by atoms with Gasteiger partial charge in [0.25, 0.3) is 0 Å². The minimum atomic E-state index is -0.533. The first kappa shape index (κ1) is 19.7. The zero-order valence-electron chi connectivity index (χ0n) is 13.9. The standard InChI is InChI=1S/C16H21N3O4S.ClH/c1-23-16(22)10-6-9-24-15(10)19-8-5-12(14(19)21)18-13(20)11-4-2-3-7-17-11;/h6,9,11-12,17H,2-5,7-8H2,1H3,(H,18,20);1H. The monoisotopic (exact) mass is 387 g/mol.